The zero-order valence-corrected chi connectivity index (χ0v) is 15.5. The summed E-state index contributed by atoms with van der Waals surface area (Å²) in [5.74, 6) is 0. The third-order valence-electron chi connectivity index (χ3n) is 4.65. The lowest BCUT2D eigenvalue weighted by molar-refractivity contribution is 0.178. The highest BCUT2D eigenvalue weighted by Gasteiger charge is 2.31. The van der Waals surface area contributed by atoms with E-state index in [0.29, 0.717) is 12.1 Å². The van der Waals surface area contributed by atoms with Gasteiger partial charge in [-0.05, 0) is 19.1 Å². The molecule has 0 saturated carbocycles. The third kappa shape index (κ3) is 3.19. The van der Waals surface area contributed by atoms with Crippen LogP contribution in [0.4, 0.5) is 5.13 Å². The molecule has 0 amide bonds. The fraction of sp³-hybridized carbons (Fsp3) is 0.471. The summed E-state index contributed by atoms with van der Waals surface area (Å²) < 4.78 is 8.12. The molecule has 0 bridgehead atoms. The van der Waals surface area contributed by atoms with Crippen molar-refractivity contribution in [1.29, 1.82) is 0 Å². The summed E-state index contributed by atoms with van der Waals surface area (Å²) in [7, 11) is 3.85. The Morgan fingerprint density at radius 3 is 3.04 bits per heavy atom. The van der Waals surface area contributed by atoms with Gasteiger partial charge < -0.3 is 10.1 Å². The normalized spacial score (nSPS) is 21.1. The summed E-state index contributed by atoms with van der Waals surface area (Å²) in [5.41, 5.74) is 1.72. The molecular formula is C17H22N6OS. The van der Waals surface area contributed by atoms with Crippen molar-refractivity contribution in [3.63, 3.8) is 0 Å². The molecule has 0 aromatic carbocycles. The van der Waals surface area contributed by atoms with Gasteiger partial charge in [0, 0.05) is 56.9 Å². The number of likely N-dealkylation sites (tertiary alicyclic amines) is 1. The van der Waals surface area contributed by atoms with E-state index in [1.165, 1.54) is 4.88 Å². The van der Waals surface area contributed by atoms with E-state index < -0.39 is 0 Å². The van der Waals surface area contributed by atoms with E-state index in [1.54, 1.807) is 17.5 Å². The van der Waals surface area contributed by atoms with Crippen molar-refractivity contribution in [2.24, 2.45) is 7.05 Å². The Morgan fingerprint density at radius 1 is 1.40 bits per heavy atom. The molecule has 3 aromatic rings. The van der Waals surface area contributed by atoms with Crippen LogP contribution in [-0.4, -0.2) is 50.2 Å². The SMILES string of the molecule is CNc1ncc(CN2CC(Oc3nc4cccnc4n3C)CC2C)s1. The van der Waals surface area contributed by atoms with Crippen molar-refractivity contribution < 1.29 is 4.74 Å². The number of pyridine rings is 1. The molecule has 3 aromatic heterocycles. The van der Waals surface area contributed by atoms with Gasteiger partial charge in [0.25, 0.3) is 6.01 Å². The van der Waals surface area contributed by atoms with E-state index in [0.717, 1.165) is 35.8 Å². The topological polar surface area (TPSA) is 68.1 Å². The maximum Gasteiger partial charge on any atom is 0.298 e. The second kappa shape index (κ2) is 6.61. The molecule has 2 atom stereocenters. The van der Waals surface area contributed by atoms with E-state index in [9.17, 15) is 0 Å². The number of ether oxygens (including phenoxy) is 1. The number of rotatable bonds is 5. The van der Waals surface area contributed by atoms with Crippen molar-refractivity contribution in [3.05, 3.63) is 29.4 Å². The molecule has 2 unspecified atom stereocenters. The molecule has 7 nitrogen and oxygen atoms in total. The highest BCUT2D eigenvalue weighted by atomic mass is 32.1. The fourth-order valence-corrected chi connectivity index (χ4v) is 4.10. The van der Waals surface area contributed by atoms with E-state index in [2.05, 4.69) is 32.1 Å². The molecule has 25 heavy (non-hydrogen) atoms. The Morgan fingerprint density at radius 2 is 2.28 bits per heavy atom. The third-order valence-corrected chi connectivity index (χ3v) is 5.65. The Hall–Kier alpha value is -2.19. The number of hydrogen-bond acceptors (Lipinski definition) is 7. The largest absolute Gasteiger partial charge is 0.460 e. The van der Waals surface area contributed by atoms with Crippen LogP contribution in [0.3, 0.4) is 0 Å². The number of hydrogen-bond donors (Lipinski definition) is 1. The molecular weight excluding hydrogens is 336 g/mol. The Labute approximate surface area is 150 Å². The second-order valence-electron chi connectivity index (χ2n) is 6.44. The highest BCUT2D eigenvalue weighted by molar-refractivity contribution is 7.15. The molecule has 1 aliphatic rings. The number of aryl methyl sites for hydroxylation is 1. The number of nitrogens with zero attached hydrogens (tertiary/aromatic N) is 5. The van der Waals surface area contributed by atoms with Crippen molar-refractivity contribution in [1.82, 2.24) is 24.4 Å². The van der Waals surface area contributed by atoms with E-state index >= 15 is 0 Å². The lowest BCUT2D eigenvalue weighted by atomic mass is 10.2. The monoisotopic (exact) mass is 358 g/mol. The smallest absolute Gasteiger partial charge is 0.298 e. The summed E-state index contributed by atoms with van der Waals surface area (Å²) in [4.78, 5) is 17.0. The van der Waals surface area contributed by atoms with Gasteiger partial charge in [-0.15, -0.1) is 11.3 Å². The van der Waals surface area contributed by atoms with Crippen LogP contribution in [0, 0.1) is 0 Å². The fourth-order valence-electron chi connectivity index (χ4n) is 3.30. The van der Waals surface area contributed by atoms with Gasteiger partial charge in [-0.2, -0.15) is 4.98 Å². The van der Waals surface area contributed by atoms with Gasteiger partial charge in [0.2, 0.25) is 0 Å². The minimum Gasteiger partial charge on any atom is -0.460 e. The quantitative estimate of drug-likeness (QED) is 0.756. The Bertz CT molecular complexity index is 875. The van der Waals surface area contributed by atoms with Crippen LogP contribution in [-0.2, 0) is 13.6 Å². The van der Waals surface area contributed by atoms with E-state index in [1.807, 2.05) is 37.0 Å². The van der Waals surface area contributed by atoms with E-state index in [4.69, 9.17) is 4.74 Å². The molecule has 4 rings (SSSR count). The summed E-state index contributed by atoms with van der Waals surface area (Å²) in [6, 6.07) is 4.97. The first-order valence-electron chi connectivity index (χ1n) is 8.44. The summed E-state index contributed by atoms with van der Waals surface area (Å²) >= 11 is 1.70. The Balaban J connectivity index is 1.44. The molecule has 4 heterocycles. The van der Waals surface area contributed by atoms with Crippen LogP contribution in [0.1, 0.15) is 18.2 Å². The minimum absolute atomic E-state index is 0.141. The predicted molar refractivity (Wildman–Crippen MR) is 99.1 cm³/mol. The molecule has 1 saturated heterocycles. The lowest BCUT2D eigenvalue weighted by Gasteiger charge is -2.19. The number of aromatic nitrogens is 4. The molecule has 1 N–H and O–H groups in total. The van der Waals surface area contributed by atoms with Crippen LogP contribution in [0.2, 0.25) is 0 Å². The number of anilines is 1. The molecule has 1 fully saturated rings. The van der Waals surface area contributed by atoms with Gasteiger partial charge in [-0.1, -0.05) is 0 Å². The number of thiazole rings is 1. The molecule has 0 spiro atoms. The summed E-state index contributed by atoms with van der Waals surface area (Å²) in [5, 5.41) is 4.05. The van der Waals surface area contributed by atoms with Crippen LogP contribution in [0.15, 0.2) is 24.5 Å². The molecule has 132 valence electrons. The van der Waals surface area contributed by atoms with Gasteiger partial charge in [0.05, 0.1) is 0 Å². The van der Waals surface area contributed by atoms with Gasteiger partial charge in [-0.25, -0.2) is 9.97 Å². The van der Waals surface area contributed by atoms with Crippen LogP contribution in [0.5, 0.6) is 6.01 Å². The Kier molecular flexibility index (Phi) is 4.30. The van der Waals surface area contributed by atoms with Gasteiger partial charge in [-0.3, -0.25) is 9.47 Å². The minimum atomic E-state index is 0.141. The first-order valence-corrected chi connectivity index (χ1v) is 9.26. The van der Waals surface area contributed by atoms with Crippen LogP contribution < -0.4 is 10.1 Å². The predicted octanol–water partition coefficient (Wildman–Crippen LogP) is 2.51. The average Bonchev–Trinajstić information content (AvgIpc) is 3.28. The molecule has 1 aliphatic heterocycles. The standard InChI is InChI=1S/C17H22N6OS/c1-11-7-12(9-23(11)10-13-8-20-16(18-2)25-13)24-17-21-14-5-4-6-19-15(14)22(17)3/h4-6,8,11-12H,7,9-10H2,1-3H3,(H,18,20). The summed E-state index contributed by atoms with van der Waals surface area (Å²) in [6.07, 6.45) is 4.87. The van der Waals surface area contributed by atoms with Crippen molar-refractivity contribution >= 4 is 27.6 Å². The molecule has 0 aliphatic carbocycles. The average molecular weight is 358 g/mol. The first-order chi connectivity index (χ1) is 12.1. The number of fused-ring (bicyclic) bond motifs is 1. The van der Waals surface area contributed by atoms with E-state index in [-0.39, 0.29) is 6.10 Å². The lowest BCUT2D eigenvalue weighted by Crippen LogP contribution is -2.28. The first kappa shape index (κ1) is 16.3. The molecule has 0 radical (unpaired) electrons. The number of imidazole rings is 1. The summed E-state index contributed by atoms with van der Waals surface area (Å²) in [6.45, 7) is 4.05. The van der Waals surface area contributed by atoms with Crippen molar-refractivity contribution in [2.45, 2.75) is 32.0 Å². The van der Waals surface area contributed by atoms with Crippen molar-refractivity contribution in [2.75, 3.05) is 18.9 Å². The zero-order valence-electron chi connectivity index (χ0n) is 14.6. The maximum atomic E-state index is 6.20. The van der Waals surface area contributed by atoms with Gasteiger partial charge >= 0.3 is 0 Å². The zero-order chi connectivity index (χ0) is 17.4. The van der Waals surface area contributed by atoms with Crippen molar-refractivity contribution in [3.8, 4) is 6.01 Å². The highest BCUT2D eigenvalue weighted by Crippen LogP contribution is 2.27. The van der Waals surface area contributed by atoms with Crippen LogP contribution in [0.25, 0.3) is 11.2 Å². The van der Waals surface area contributed by atoms with Crippen LogP contribution >= 0.6 is 11.3 Å². The second-order valence-corrected chi connectivity index (χ2v) is 7.55. The maximum absolute atomic E-state index is 6.20. The number of nitrogens with one attached hydrogen (secondary N) is 1. The van der Waals surface area contributed by atoms with Gasteiger partial charge in [0.15, 0.2) is 10.8 Å². The molecule has 8 heteroatoms. The van der Waals surface area contributed by atoms with Gasteiger partial charge in [0.1, 0.15) is 11.6 Å².